The molecule has 1 aromatic heterocycles. The molecule has 3 aromatic rings. The maximum absolute atomic E-state index is 12.7. The zero-order chi connectivity index (χ0) is 17.2. The lowest BCUT2D eigenvalue weighted by Gasteiger charge is -2.20. The Morgan fingerprint density at radius 2 is 2.00 bits per heavy atom. The molecule has 126 valence electrons. The number of nitrogens with one attached hydrogen (secondary N) is 1. The molecule has 1 N–H and O–H groups in total. The van der Waals surface area contributed by atoms with Crippen LogP contribution < -0.4 is 14.8 Å². The molecule has 2 heterocycles. The van der Waals surface area contributed by atoms with Crippen LogP contribution in [-0.4, -0.2) is 24.1 Å². The van der Waals surface area contributed by atoms with Gasteiger partial charge in [-0.05, 0) is 31.2 Å². The second-order valence-corrected chi connectivity index (χ2v) is 6.68. The number of amides is 1. The largest absolute Gasteiger partial charge is 0.486 e. The van der Waals surface area contributed by atoms with Gasteiger partial charge in [-0.3, -0.25) is 4.79 Å². The number of para-hydroxylation sites is 1. The Morgan fingerprint density at radius 1 is 1.16 bits per heavy atom. The zero-order valence-corrected chi connectivity index (χ0v) is 14.4. The number of hydrogen-bond donors (Lipinski definition) is 1. The van der Waals surface area contributed by atoms with Crippen LogP contribution in [0.4, 0.5) is 5.69 Å². The van der Waals surface area contributed by atoms with Gasteiger partial charge in [0.15, 0.2) is 11.5 Å². The zero-order valence-electron chi connectivity index (χ0n) is 13.6. The molecule has 0 atom stereocenters. The fourth-order valence-electron chi connectivity index (χ4n) is 2.70. The lowest BCUT2D eigenvalue weighted by molar-refractivity contribution is 0.101. The summed E-state index contributed by atoms with van der Waals surface area (Å²) < 4.78 is 11.1. The van der Waals surface area contributed by atoms with Crippen LogP contribution in [0.15, 0.2) is 47.8 Å². The van der Waals surface area contributed by atoms with Gasteiger partial charge >= 0.3 is 0 Å². The van der Waals surface area contributed by atoms with Crippen molar-refractivity contribution in [3.8, 4) is 22.8 Å². The summed E-state index contributed by atoms with van der Waals surface area (Å²) in [6, 6.07) is 13.0. The summed E-state index contributed by atoms with van der Waals surface area (Å²) in [5, 5.41) is 5.95. The minimum Gasteiger partial charge on any atom is -0.486 e. The monoisotopic (exact) mass is 352 g/mol. The standard InChI is InChI=1S/C19H16N2O3S/c1-12-20-16(11-25-12)13-4-2-5-14(10-13)21-19(22)15-6-3-7-17-18(15)24-9-8-23-17/h2-7,10-11H,8-9H2,1H3,(H,21,22). The highest BCUT2D eigenvalue weighted by Gasteiger charge is 2.20. The van der Waals surface area contributed by atoms with E-state index >= 15 is 0 Å². The molecule has 1 aliphatic rings. The van der Waals surface area contributed by atoms with Gasteiger partial charge < -0.3 is 14.8 Å². The lowest BCUT2D eigenvalue weighted by atomic mass is 10.1. The van der Waals surface area contributed by atoms with Gasteiger partial charge in [-0.1, -0.05) is 18.2 Å². The lowest BCUT2D eigenvalue weighted by Crippen LogP contribution is -2.20. The maximum atomic E-state index is 12.7. The van der Waals surface area contributed by atoms with Crippen LogP contribution in [-0.2, 0) is 0 Å². The third kappa shape index (κ3) is 3.21. The molecular formula is C19H16N2O3S. The van der Waals surface area contributed by atoms with Crippen molar-refractivity contribution < 1.29 is 14.3 Å². The van der Waals surface area contributed by atoms with Crippen LogP contribution in [0, 0.1) is 6.92 Å². The van der Waals surface area contributed by atoms with Gasteiger partial charge in [0, 0.05) is 16.6 Å². The number of carbonyl (C=O) groups is 1. The quantitative estimate of drug-likeness (QED) is 0.769. The topological polar surface area (TPSA) is 60.5 Å². The number of anilines is 1. The number of fused-ring (bicyclic) bond motifs is 1. The molecule has 1 aliphatic heterocycles. The Hall–Kier alpha value is -2.86. The normalized spacial score (nSPS) is 12.7. The molecular weight excluding hydrogens is 336 g/mol. The molecule has 6 heteroatoms. The minimum atomic E-state index is -0.228. The molecule has 2 aromatic carbocycles. The summed E-state index contributed by atoms with van der Waals surface area (Å²) in [7, 11) is 0. The third-order valence-corrected chi connectivity index (χ3v) is 4.62. The van der Waals surface area contributed by atoms with E-state index in [9.17, 15) is 4.79 Å². The number of aryl methyl sites for hydroxylation is 1. The van der Waals surface area contributed by atoms with Crippen molar-refractivity contribution in [3.63, 3.8) is 0 Å². The third-order valence-electron chi connectivity index (χ3n) is 3.85. The molecule has 0 fully saturated rings. The van der Waals surface area contributed by atoms with Gasteiger partial charge in [0.2, 0.25) is 0 Å². The number of rotatable bonds is 3. The molecule has 0 radical (unpaired) electrons. The highest BCUT2D eigenvalue weighted by Crippen LogP contribution is 2.34. The molecule has 0 unspecified atom stereocenters. The number of carbonyl (C=O) groups excluding carboxylic acids is 1. The predicted molar refractivity (Wildman–Crippen MR) is 97.7 cm³/mol. The van der Waals surface area contributed by atoms with E-state index in [1.807, 2.05) is 36.6 Å². The van der Waals surface area contributed by atoms with Gasteiger partial charge in [0.25, 0.3) is 5.91 Å². The number of aromatic nitrogens is 1. The molecule has 1 amide bonds. The van der Waals surface area contributed by atoms with Crippen LogP contribution in [0.2, 0.25) is 0 Å². The van der Waals surface area contributed by atoms with Crippen molar-refractivity contribution in [1.82, 2.24) is 4.98 Å². The first kappa shape index (κ1) is 15.7. The summed E-state index contributed by atoms with van der Waals surface area (Å²) in [6.45, 7) is 2.91. The van der Waals surface area contributed by atoms with Crippen LogP contribution in [0.5, 0.6) is 11.5 Å². The average Bonchev–Trinajstić information content (AvgIpc) is 3.08. The second kappa shape index (κ2) is 6.57. The van der Waals surface area contributed by atoms with Gasteiger partial charge in [-0.15, -0.1) is 11.3 Å². The fraction of sp³-hybridized carbons (Fsp3) is 0.158. The first-order chi connectivity index (χ1) is 12.2. The summed E-state index contributed by atoms with van der Waals surface area (Å²) in [6.07, 6.45) is 0. The summed E-state index contributed by atoms with van der Waals surface area (Å²) in [5.74, 6) is 0.872. The van der Waals surface area contributed by atoms with E-state index in [-0.39, 0.29) is 5.91 Å². The molecule has 0 saturated heterocycles. The second-order valence-electron chi connectivity index (χ2n) is 5.62. The van der Waals surface area contributed by atoms with E-state index in [2.05, 4.69) is 10.3 Å². The number of ether oxygens (including phenoxy) is 2. The van der Waals surface area contributed by atoms with E-state index < -0.39 is 0 Å². The van der Waals surface area contributed by atoms with Gasteiger partial charge in [-0.25, -0.2) is 4.98 Å². The van der Waals surface area contributed by atoms with E-state index in [1.165, 1.54) is 0 Å². The van der Waals surface area contributed by atoms with Gasteiger partial charge in [-0.2, -0.15) is 0 Å². The van der Waals surface area contributed by atoms with Crippen molar-refractivity contribution in [3.05, 3.63) is 58.4 Å². The van der Waals surface area contributed by atoms with Crippen LogP contribution in [0.1, 0.15) is 15.4 Å². The van der Waals surface area contributed by atoms with Crippen LogP contribution >= 0.6 is 11.3 Å². The molecule has 0 bridgehead atoms. The Balaban J connectivity index is 1.60. The van der Waals surface area contributed by atoms with E-state index in [0.29, 0.717) is 36.0 Å². The number of benzene rings is 2. The summed E-state index contributed by atoms with van der Waals surface area (Å²) >= 11 is 1.60. The summed E-state index contributed by atoms with van der Waals surface area (Å²) in [4.78, 5) is 17.2. The van der Waals surface area contributed by atoms with Gasteiger partial charge in [0.05, 0.1) is 16.3 Å². The maximum Gasteiger partial charge on any atom is 0.259 e. The van der Waals surface area contributed by atoms with Gasteiger partial charge in [0.1, 0.15) is 13.2 Å². The minimum absolute atomic E-state index is 0.228. The molecule has 25 heavy (non-hydrogen) atoms. The van der Waals surface area contributed by atoms with E-state index in [4.69, 9.17) is 9.47 Å². The molecule has 0 aliphatic carbocycles. The molecule has 0 spiro atoms. The SMILES string of the molecule is Cc1nc(-c2cccc(NC(=O)c3cccc4c3OCCO4)c2)cs1. The highest BCUT2D eigenvalue weighted by atomic mass is 32.1. The predicted octanol–water partition coefficient (Wildman–Crippen LogP) is 4.14. The van der Waals surface area contributed by atoms with Crippen molar-refractivity contribution in [2.45, 2.75) is 6.92 Å². The number of thiazole rings is 1. The number of nitrogens with zero attached hydrogens (tertiary/aromatic N) is 1. The first-order valence-corrected chi connectivity index (χ1v) is 8.81. The Bertz CT molecular complexity index is 936. The first-order valence-electron chi connectivity index (χ1n) is 7.93. The number of hydrogen-bond acceptors (Lipinski definition) is 5. The van der Waals surface area contributed by atoms with Crippen molar-refractivity contribution in [2.75, 3.05) is 18.5 Å². The van der Waals surface area contributed by atoms with E-state index in [0.717, 1.165) is 16.3 Å². The van der Waals surface area contributed by atoms with E-state index in [1.54, 1.807) is 29.5 Å². The average molecular weight is 352 g/mol. The van der Waals surface area contributed by atoms with Crippen LogP contribution in [0.25, 0.3) is 11.3 Å². The molecule has 4 rings (SSSR count). The Labute approximate surface area is 149 Å². The van der Waals surface area contributed by atoms with Crippen molar-refractivity contribution in [2.24, 2.45) is 0 Å². The molecule has 5 nitrogen and oxygen atoms in total. The van der Waals surface area contributed by atoms with Crippen molar-refractivity contribution >= 4 is 22.9 Å². The molecule has 0 saturated carbocycles. The fourth-order valence-corrected chi connectivity index (χ4v) is 3.33. The highest BCUT2D eigenvalue weighted by molar-refractivity contribution is 7.09. The smallest absolute Gasteiger partial charge is 0.259 e. The Morgan fingerprint density at radius 3 is 2.84 bits per heavy atom. The Kier molecular flexibility index (Phi) is 4.11. The van der Waals surface area contributed by atoms with Crippen LogP contribution in [0.3, 0.4) is 0 Å². The van der Waals surface area contributed by atoms with Crippen molar-refractivity contribution in [1.29, 1.82) is 0 Å². The summed E-state index contributed by atoms with van der Waals surface area (Å²) in [5.41, 5.74) is 3.05.